The second kappa shape index (κ2) is 8.61. The molecule has 0 radical (unpaired) electrons. The number of nitrogens with one attached hydrogen (secondary N) is 2. The number of carbonyl (C=O) groups excluding carboxylic acids is 1. The standard InChI is InChI=1S/C22H19ClN4O4/c1-13-20-18(26-25-15-8-10-17(11-9-15)27(29)30)6-3-7-19(20)31-21(13)22(28)24-16-5-2-4-14(23)12-16/h2,4-5,8-12,25H,3,6-7H2,1H3,(H,24,28)/b26-18+. The van der Waals surface area contributed by atoms with Crippen molar-refractivity contribution in [3.05, 3.63) is 86.3 Å². The van der Waals surface area contributed by atoms with Gasteiger partial charge in [-0.2, -0.15) is 5.10 Å². The Labute approximate surface area is 183 Å². The molecule has 4 rings (SSSR count). The molecule has 31 heavy (non-hydrogen) atoms. The number of fused-ring (bicyclic) bond motifs is 1. The molecule has 0 saturated heterocycles. The third kappa shape index (κ3) is 4.44. The molecule has 8 nitrogen and oxygen atoms in total. The van der Waals surface area contributed by atoms with E-state index in [4.69, 9.17) is 16.0 Å². The van der Waals surface area contributed by atoms with Crippen LogP contribution in [0, 0.1) is 17.0 Å². The number of halogens is 1. The van der Waals surface area contributed by atoms with E-state index in [0.29, 0.717) is 16.4 Å². The van der Waals surface area contributed by atoms with Gasteiger partial charge in [0.25, 0.3) is 11.6 Å². The van der Waals surface area contributed by atoms with Crippen LogP contribution in [0.25, 0.3) is 0 Å². The number of hydrogen-bond acceptors (Lipinski definition) is 6. The predicted molar refractivity (Wildman–Crippen MR) is 119 cm³/mol. The van der Waals surface area contributed by atoms with E-state index in [0.717, 1.165) is 41.9 Å². The number of hydrogen-bond donors (Lipinski definition) is 2. The van der Waals surface area contributed by atoms with E-state index in [2.05, 4.69) is 15.8 Å². The fraction of sp³-hybridized carbons (Fsp3) is 0.182. The van der Waals surface area contributed by atoms with E-state index < -0.39 is 4.92 Å². The van der Waals surface area contributed by atoms with E-state index in [9.17, 15) is 14.9 Å². The van der Waals surface area contributed by atoms with Gasteiger partial charge in [0.1, 0.15) is 5.76 Å². The molecule has 0 aliphatic heterocycles. The quantitative estimate of drug-likeness (QED) is 0.400. The van der Waals surface area contributed by atoms with Crippen LogP contribution in [0.5, 0.6) is 0 Å². The van der Waals surface area contributed by atoms with Gasteiger partial charge in [-0.1, -0.05) is 17.7 Å². The van der Waals surface area contributed by atoms with Crippen LogP contribution < -0.4 is 10.7 Å². The Morgan fingerprint density at radius 2 is 1.94 bits per heavy atom. The summed E-state index contributed by atoms with van der Waals surface area (Å²) in [6.07, 6.45) is 2.29. The monoisotopic (exact) mass is 438 g/mol. The molecule has 0 spiro atoms. The lowest BCUT2D eigenvalue weighted by Gasteiger charge is -2.13. The Kier molecular flexibility index (Phi) is 5.73. The Bertz CT molecular complexity index is 1180. The first-order chi connectivity index (χ1) is 14.9. The number of amides is 1. The zero-order chi connectivity index (χ0) is 22.0. The van der Waals surface area contributed by atoms with Gasteiger partial charge >= 0.3 is 0 Å². The van der Waals surface area contributed by atoms with Crippen molar-refractivity contribution >= 4 is 40.3 Å². The van der Waals surface area contributed by atoms with Crippen molar-refractivity contribution in [1.82, 2.24) is 0 Å². The topological polar surface area (TPSA) is 110 Å². The molecule has 1 aliphatic carbocycles. The Morgan fingerprint density at radius 1 is 1.16 bits per heavy atom. The number of non-ortho nitro benzene ring substituents is 1. The zero-order valence-electron chi connectivity index (χ0n) is 16.6. The smallest absolute Gasteiger partial charge is 0.291 e. The summed E-state index contributed by atoms with van der Waals surface area (Å²) in [6, 6.07) is 12.9. The zero-order valence-corrected chi connectivity index (χ0v) is 17.4. The number of nitro groups is 1. The van der Waals surface area contributed by atoms with Gasteiger partial charge < -0.3 is 9.73 Å². The average molecular weight is 439 g/mol. The normalized spacial score (nSPS) is 14.2. The summed E-state index contributed by atoms with van der Waals surface area (Å²) in [5.41, 5.74) is 6.50. The van der Waals surface area contributed by atoms with Crippen molar-refractivity contribution in [3.63, 3.8) is 0 Å². The fourth-order valence-electron chi connectivity index (χ4n) is 3.54. The summed E-state index contributed by atoms with van der Waals surface area (Å²) >= 11 is 5.99. The summed E-state index contributed by atoms with van der Waals surface area (Å²) in [5, 5.41) is 18.6. The van der Waals surface area contributed by atoms with Gasteiger partial charge in [0.2, 0.25) is 0 Å². The largest absolute Gasteiger partial charge is 0.455 e. The van der Waals surface area contributed by atoms with Crippen LogP contribution in [-0.4, -0.2) is 16.5 Å². The van der Waals surface area contributed by atoms with Gasteiger partial charge in [-0.15, -0.1) is 0 Å². The Morgan fingerprint density at radius 3 is 2.65 bits per heavy atom. The summed E-state index contributed by atoms with van der Waals surface area (Å²) in [5.74, 6) is 0.621. The molecule has 2 aromatic carbocycles. The molecule has 0 unspecified atom stereocenters. The number of nitro benzene ring substituents is 1. The lowest BCUT2D eigenvalue weighted by molar-refractivity contribution is -0.384. The second-order valence-electron chi connectivity index (χ2n) is 7.15. The third-order valence-corrected chi connectivity index (χ3v) is 5.25. The highest BCUT2D eigenvalue weighted by molar-refractivity contribution is 6.31. The van der Waals surface area contributed by atoms with Gasteiger partial charge in [-0.25, -0.2) is 0 Å². The number of carbonyl (C=O) groups is 1. The number of benzene rings is 2. The number of aryl methyl sites for hydroxylation is 1. The van der Waals surface area contributed by atoms with Crippen LogP contribution >= 0.6 is 11.6 Å². The lowest BCUT2D eigenvalue weighted by atomic mass is 9.93. The molecule has 1 aromatic heterocycles. The van der Waals surface area contributed by atoms with Crippen molar-refractivity contribution in [1.29, 1.82) is 0 Å². The van der Waals surface area contributed by atoms with Crippen molar-refractivity contribution in [3.8, 4) is 0 Å². The Hall–Kier alpha value is -3.65. The van der Waals surface area contributed by atoms with E-state index in [-0.39, 0.29) is 17.4 Å². The molecule has 3 aromatic rings. The SMILES string of the molecule is Cc1c(C(=O)Nc2cccc(Cl)c2)oc2c1/C(=N/Nc1ccc([N+](=O)[O-])cc1)CCC2. The molecule has 2 N–H and O–H groups in total. The van der Waals surface area contributed by atoms with Crippen molar-refractivity contribution in [2.75, 3.05) is 10.7 Å². The number of furan rings is 1. The van der Waals surface area contributed by atoms with Crippen LogP contribution in [0.3, 0.4) is 0 Å². The maximum Gasteiger partial charge on any atom is 0.291 e. The number of hydrazone groups is 1. The highest BCUT2D eigenvalue weighted by Gasteiger charge is 2.28. The van der Waals surface area contributed by atoms with Crippen molar-refractivity contribution in [2.24, 2.45) is 5.10 Å². The van der Waals surface area contributed by atoms with Crippen LogP contribution in [0.1, 0.15) is 40.3 Å². The fourth-order valence-corrected chi connectivity index (χ4v) is 3.73. The first kappa shape index (κ1) is 20.6. The third-order valence-electron chi connectivity index (χ3n) is 5.01. The highest BCUT2D eigenvalue weighted by atomic mass is 35.5. The maximum absolute atomic E-state index is 12.8. The van der Waals surface area contributed by atoms with E-state index in [1.54, 1.807) is 36.4 Å². The molecule has 0 fully saturated rings. The molecule has 1 aliphatic rings. The van der Waals surface area contributed by atoms with Gasteiger partial charge in [-0.05, 0) is 50.1 Å². The van der Waals surface area contributed by atoms with Gasteiger partial charge in [0.05, 0.1) is 16.3 Å². The van der Waals surface area contributed by atoms with Crippen molar-refractivity contribution < 1.29 is 14.1 Å². The molecular weight excluding hydrogens is 420 g/mol. The molecular formula is C22H19ClN4O4. The highest BCUT2D eigenvalue weighted by Crippen LogP contribution is 2.31. The summed E-state index contributed by atoms with van der Waals surface area (Å²) < 4.78 is 5.90. The van der Waals surface area contributed by atoms with E-state index in [1.807, 2.05) is 6.92 Å². The van der Waals surface area contributed by atoms with Crippen molar-refractivity contribution in [2.45, 2.75) is 26.2 Å². The van der Waals surface area contributed by atoms with E-state index >= 15 is 0 Å². The van der Waals surface area contributed by atoms with Crippen LogP contribution in [0.2, 0.25) is 5.02 Å². The minimum Gasteiger partial charge on any atom is -0.455 e. The van der Waals surface area contributed by atoms with Crippen LogP contribution in [0.4, 0.5) is 17.1 Å². The predicted octanol–water partition coefficient (Wildman–Crippen LogP) is 5.55. The molecule has 9 heteroatoms. The molecule has 0 bridgehead atoms. The summed E-state index contributed by atoms with van der Waals surface area (Å²) in [6.45, 7) is 1.84. The first-order valence-corrected chi connectivity index (χ1v) is 10.1. The first-order valence-electron chi connectivity index (χ1n) is 9.69. The second-order valence-corrected chi connectivity index (χ2v) is 7.58. The van der Waals surface area contributed by atoms with Gasteiger partial charge in [0, 0.05) is 40.4 Å². The molecule has 0 saturated carbocycles. The summed E-state index contributed by atoms with van der Waals surface area (Å²) in [4.78, 5) is 23.1. The maximum atomic E-state index is 12.8. The molecule has 1 amide bonds. The lowest BCUT2D eigenvalue weighted by Crippen LogP contribution is -2.14. The minimum absolute atomic E-state index is 0.0131. The number of anilines is 2. The van der Waals surface area contributed by atoms with Gasteiger partial charge in [-0.3, -0.25) is 20.3 Å². The minimum atomic E-state index is -0.451. The molecule has 0 atom stereocenters. The summed E-state index contributed by atoms with van der Waals surface area (Å²) in [7, 11) is 0. The molecule has 1 heterocycles. The Balaban J connectivity index is 1.57. The number of rotatable bonds is 5. The molecule has 158 valence electrons. The van der Waals surface area contributed by atoms with Crippen LogP contribution in [0.15, 0.2) is 58.0 Å². The van der Waals surface area contributed by atoms with E-state index in [1.165, 1.54) is 12.1 Å². The van der Waals surface area contributed by atoms with Crippen LogP contribution in [-0.2, 0) is 6.42 Å². The number of nitrogens with zero attached hydrogens (tertiary/aromatic N) is 2. The average Bonchev–Trinajstić information content (AvgIpc) is 3.10. The van der Waals surface area contributed by atoms with Gasteiger partial charge in [0.15, 0.2) is 5.76 Å².